The SMILES string of the molecule is Cc1cc(O)c(N)c(C(F)(F)P)c1. The molecular formula is C8H10F2NOP. The van der Waals surface area contributed by atoms with Crippen LogP contribution in [-0.4, -0.2) is 5.11 Å². The van der Waals surface area contributed by atoms with Crippen LogP contribution < -0.4 is 5.73 Å². The molecule has 0 aliphatic heterocycles. The van der Waals surface area contributed by atoms with Gasteiger partial charge in [0.15, 0.2) is 0 Å². The lowest BCUT2D eigenvalue weighted by Gasteiger charge is -2.14. The first-order chi connectivity index (χ1) is 5.82. The number of nitrogen functional groups attached to an aromatic ring is 1. The number of phenols is 1. The number of alkyl halides is 2. The molecule has 1 aromatic carbocycles. The third-order valence-electron chi connectivity index (χ3n) is 1.66. The largest absolute Gasteiger partial charge is 0.506 e. The lowest BCUT2D eigenvalue weighted by molar-refractivity contribution is 0.104. The highest BCUT2D eigenvalue weighted by atomic mass is 31.0. The summed E-state index contributed by atoms with van der Waals surface area (Å²) in [4.78, 5) is 0. The third-order valence-corrected chi connectivity index (χ3v) is 1.97. The molecule has 3 N–H and O–H groups in total. The van der Waals surface area contributed by atoms with Crippen molar-refractivity contribution in [3.8, 4) is 5.75 Å². The number of halogens is 2. The van der Waals surface area contributed by atoms with Crippen molar-refractivity contribution < 1.29 is 13.9 Å². The van der Waals surface area contributed by atoms with Crippen molar-refractivity contribution in [1.82, 2.24) is 0 Å². The predicted octanol–water partition coefficient (Wildman–Crippen LogP) is 2.21. The molecule has 0 saturated carbocycles. The van der Waals surface area contributed by atoms with Gasteiger partial charge in [-0.15, -0.1) is 0 Å². The molecule has 0 aliphatic carbocycles. The Hall–Kier alpha value is -0.890. The molecule has 0 bridgehead atoms. The van der Waals surface area contributed by atoms with Crippen LogP contribution in [0.3, 0.4) is 0 Å². The molecule has 0 radical (unpaired) electrons. The Morgan fingerprint density at radius 3 is 2.46 bits per heavy atom. The Morgan fingerprint density at radius 1 is 1.46 bits per heavy atom. The Kier molecular flexibility index (Phi) is 2.44. The van der Waals surface area contributed by atoms with Crippen LogP contribution in [0.25, 0.3) is 0 Å². The molecule has 1 aromatic rings. The molecule has 0 fully saturated rings. The van der Waals surface area contributed by atoms with Crippen molar-refractivity contribution in [3.05, 3.63) is 23.3 Å². The van der Waals surface area contributed by atoms with Gasteiger partial charge >= 0.3 is 0 Å². The first kappa shape index (κ1) is 10.2. The summed E-state index contributed by atoms with van der Waals surface area (Å²) in [7, 11) is 1.38. The van der Waals surface area contributed by atoms with E-state index in [9.17, 15) is 13.9 Å². The van der Waals surface area contributed by atoms with Gasteiger partial charge < -0.3 is 10.8 Å². The van der Waals surface area contributed by atoms with Gasteiger partial charge in [-0.1, -0.05) is 9.24 Å². The Labute approximate surface area is 77.0 Å². The van der Waals surface area contributed by atoms with Crippen molar-refractivity contribution in [3.63, 3.8) is 0 Å². The summed E-state index contributed by atoms with van der Waals surface area (Å²) in [6.07, 6.45) is 0. The fourth-order valence-corrected chi connectivity index (χ4v) is 1.29. The predicted molar refractivity (Wildman–Crippen MR) is 50.9 cm³/mol. The maximum Gasteiger partial charge on any atom is 0.285 e. The summed E-state index contributed by atoms with van der Waals surface area (Å²) in [6.45, 7) is 1.61. The van der Waals surface area contributed by atoms with Gasteiger partial charge in [-0.2, -0.15) is 8.78 Å². The van der Waals surface area contributed by atoms with Crippen LogP contribution in [-0.2, 0) is 5.66 Å². The van der Waals surface area contributed by atoms with E-state index in [0.717, 1.165) is 0 Å². The molecule has 0 heterocycles. The monoisotopic (exact) mass is 205 g/mol. The second-order valence-corrected chi connectivity index (χ2v) is 3.59. The maximum atomic E-state index is 12.8. The molecule has 1 unspecified atom stereocenters. The molecular weight excluding hydrogens is 195 g/mol. The van der Waals surface area contributed by atoms with Crippen molar-refractivity contribution in [2.45, 2.75) is 12.6 Å². The second-order valence-electron chi connectivity index (χ2n) is 2.87. The van der Waals surface area contributed by atoms with E-state index in [4.69, 9.17) is 5.73 Å². The Morgan fingerprint density at radius 2 is 2.00 bits per heavy atom. The highest BCUT2D eigenvalue weighted by Crippen LogP contribution is 2.41. The molecule has 72 valence electrons. The summed E-state index contributed by atoms with van der Waals surface area (Å²) in [5.74, 6) is -0.308. The third kappa shape index (κ3) is 2.07. The van der Waals surface area contributed by atoms with Crippen molar-refractivity contribution in [2.24, 2.45) is 0 Å². The Bertz CT molecular complexity index is 336. The van der Waals surface area contributed by atoms with E-state index in [-0.39, 0.29) is 17.0 Å². The minimum absolute atomic E-state index is 0.273. The van der Waals surface area contributed by atoms with Crippen molar-refractivity contribution in [2.75, 3.05) is 5.73 Å². The molecule has 1 atom stereocenters. The summed E-state index contributed by atoms with van der Waals surface area (Å²) in [5.41, 5.74) is 2.10. The highest BCUT2D eigenvalue weighted by molar-refractivity contribution is 7.17. The molecule has 0 aromatic heterocycles. The van der Waals surface area contributed by atoms with Gasteiger partial charge in [0.2, 0.25) is 0 Å². The standard InChI is InChI=1S/C8H10F2NOP/c1-4-2-5(8(9,10)13)7(11)6(12)3-4/h2-3,12H,11,13H2,1H3. The fraction of sp³-hybridized carbons (Fsp3) is 0.250. The van der Waals surface area contributed by atoms with E-state index in [2.05, 4.69) is 0 Å². The number of rotatable bonds is 1. The molecule has 1 rings (SSSR count). The zero-order chi connectivity index (χ0) is 10.2. The van der Waals surface area contributed by atoms with Crippen molar-refractivity contribution in [1.29, 1.82) is 0 Å². The van der Waals surface area contributed by atoms with Gasteiger partial charge in [0.25, 0.3) is 5.66 Å². The number of aromatic hydroxyl groups is 1. The van der Waals surface area contributed by atoms with E-state index in [1.165, 1.54) is 21.4 Å². The zero-order valence-electron chi connectivity index (χ0n) is 7.01. The minimum atomic E-state index is -3.10. The van der Waals surface area contributed by atoms with Crippen LogP contribution in [0.5, 0.6) is 5.75 Å². The van der Waals surface area contributed by atoms with Crippen LogP contribution in [0.15, 0.2) is 12.1 Å². The van der Waals surface area contributed by atoms with Gasteiger partial charge in [0.1, 0.15) is 5.75 Å². The van der Waals surface area contributed by atoms with Gasteiger partial charge in [0.05, 0.1) is 11.3 Å². The summed E-state index contributed by atoms with van der Waals surface area (Å²) >= 11 is 0. The number of aryl methyl sites for hydroxylation is 1. The van der Waals surface area contributed by atoms with Gasteiger partial charge in [-0.25, -0.2) is 0 Å². The zero-order valence-corrected chi connectivity index (χ0v) is 8.17. The highest BCUT2D eigenvalue weighted by Gasteiger charge is 2.28. The van der Waals surface area contributed by atoms with Crippen LogP contribution in [0.2, 0.25) is 0 Å². The normalized spacial score (nSPS) is 11.7. The number of nitrogens with two attached hydrogens (primary N) is 1. The summed E-state index contributed by atoms with van der Waals surface area (Å²) < 4.78 is 25.7. The molecule has 13 heavy (non-hydrogen) atoms. The Balaban J connectivity index is 3.37. The summed E-state index contributed by atoms with van der Waals surface area (Å²) in [5, 5.41) is 9.18. The van der Waals surface area contributed by atoms with Crippen LogP contribution >= 0.6 is 9.24 Å². The second kappa shape index (κ2) is 3.11. The average Bonchev–Trinajstić information content (AvgIpc) is 1.94. The van der Waals surface area contributed by atoms with Crippen LogP contribution in [0.4, 0.5) is 14.5 Å². The number of hydrogen-bond acceptors (Lipinski definition) is 2. The van der Waals surface area contributed by atoms with Gasteiger partial charge in [-0.05, 0) is 24.6 Å². The molecule has 0 aliphatic rings. The molecule has 0 spiro atoms. The number of hydrogen-bond donors (Lipinski definition) is 2. The van der Waals surface area contributed by atoms with E-state index in [1.807, 2.05) is 0 Å². The van der Waals surface area contributed by atoms with Gasteiger partial charge in [0, 0.05) is 0 Å². The van der Waals surface area contributed by atoms with Crippen LogP contribution in [0, 0.1) is 6.92 Å². The first-order valence-electron chi connectivity index (χ1n) is 3.58. The number of anilines is 1. The van der Waals surface area contributed by atoms with Crippen LogP contribution in [0.1, 0.15) is 11.1 Å². The molecule has 2 nitrogen and oxygen atoms in total. The number of phenolic OH excluding ortho intramolecular Hbond substituents is 1. The summed E-state index contributed by atoms with van der Waals surface area (Å²) in [6, 6.07) is 2.59. The van der Waals surface area contributed by atoms with E-state index in [1.54, 1.807) is 6.92 Å². The maximum absolute atomic E-state index is 12.8. The van der Waals surface area contributed by atoms with E-state index < -0.39 is 5.66 Å². The fourth-order valence-electron chi connectivity index (χ4n) is 1.05. The minimum Gasteiger partial charge on any atom is -0.506 e. The molecule has 5 heteroatoms. The lowest BCUT2D eigenvalue weighted by atomic mass is 10.1. The van der Waals surface area contributed by atoms with Gasteiger partial charge in [-0.3, -0.25) is 0 Å². The average molecular weight is 205 g/mol. The van der Waals surface area contributed by atoms with E-state index >= 15 is 0 Å². The quantitative estimate of drug-likeness (QED) is 0.419. The van der Waals surface area contributed by atoms with Crippen molar-refractivity contribution >= 4 is 14.9 Å². The molecule has 0 saturated heterocycles. The van der Waals surface area contributed by atoms with E-state index in [0.29, 0.717) is 5.56 Å². The topological polar surface area (TPSA) is 46.2 Å². The number of benzene rings is 1. The molecule has 0 amide bonds. The first-order valence-corrected chi connectivity index (χ1v) is 4.16. The lowest BCUT2D eigenvalue weighted by Crippen LogP contribution is -2.07. The smallest absolute Gasteiger partial charge is 0.285 e.